The highest BCUT2D eigenvalue weighted by Crippen LogP contribution is 2.37. The molecule has 0 bridgehead atoms. The van der Waals surface area contributed by atoms with E-state index in [1.807, 2.05) is 42.5 Å². The predicted molar refractivity (Wildman–Crippen MR) is 137 cm³/mol. The maximum Gasteiger partial charge on any atom is 0.323 e. The number of amides is 1. The molecule has 1 aliphatic rings. The molecule has 0 aromatic heterocycles. The number of rotatable bonds is 9. The molecule has 1 N–H and O–H groups in total. The zero-order chi connectivity index (χ0) is 25.0. The van der Waals surface area contributed by atoms with Crippen molar-refractivity contribution in [1.82, 2.24) is 4.90 Å². The van der Waals surface area contributed by atoms with Crippen molar-refractivity contribution in [2.45, 2.75) is 44.8 Å². The van der Waals surface area contributed by atoms with Crippen LogP contribution in [0.25, 0.3) is 0 Å². The Morgan fingerprint density at radius 3 is 2.46 bits per heavy atom. The first-order valence-electron chi connectivity index (χ1n) is 11.5. The zero-order valence-electron chi connectivity index (χ0n) is 19.5. The Hall–Kier alpha value is -3.02. The van der Waals surface area contributed by atoms with Crippen molar-refractivity contribution < 1.29 is 19.4 Å². The van der Waals surface area contributed by atoms with Gasteiger partial charge in [0.25, 0.3) is 0 Å². The van der Waals surface area contributed by atoms with E-state index in [0.717, 1.165) is 40.8 Å². The van der Waals surface area contributed by atoms with Gasteiger partial charge in [-0.05, 0) is 59.9 Å². The van der Waals surface area contributed by atoms with Crippen LogP contribution in [0, 0.1) is 0 Å². The van der Waals surface area contributed by atoms with E-state index >= 15 is 0 Å². The van der Waals surface area contributed by atoms with Gasteiger partial charge < -0.3 is 14.7 Å². The van der Waals surface area contributed by atoms with Crippen molar-refractivity contribution in [2.24, 2.45) is 0 Å². The lowest BCUT2D eigenvalue weighted by Gasteiger charge is -2.24. The number of ether oxygens (including phenoxy) is 1. The summed E-state index contributed by atoms with van der Waals surface area (Å²) in [5, 5.41) is 10.5. The Morgan fingerprint density at radius 2 is 1.74 bits per heavy atom. The molecule has 5 nitrogen and oxygen atoms in total. The molecule has 0 unspecified atom stereocenters. The molecule has 1 aliphatic heterocycles. The van der Waals surface area contributed by atoms with Gasteiger partial charge in [0.2, 0.25) is 5.91 Å². The Morgan fingerprint density at radius 1 is 1.03 bits per heavy atom. The molecule has 3 aromatic carbocycles. The van der Waals surface area contributed by atoms with Crippen LogP contribution in [0.2, 0.25) is 10.0 Å². The standard InChI is InChI=1S/C28H27Cl2NO4/c1-28(15-20-6-10-23(29)11-7-20)16-22-14-19(8-12-25(22)35-28)9-13-26(32)31(18-27(33)34)17-21-4-2-3-5-24(21)30/h2-8,10-12,14H,9,13,15-18H2,1H3,(H,33,34)/t28-/m0/s1. The first-order valence-corrected chi connectivity index (χ1v) is 12.2. The van der Waals surface area contributed by atoms with Gasteiger partial charge in [0, 0.05) is 35.9 Å². The number of carboxylic acid groups (broad SMARTS) is 1. The van der Waals surface area contributed by atoms with Gasteiger partial charge in [0.15, 0.2) is 0 Å². The SMILES string of the molecule is C[C@]1(Cc2ccc(Cl)cc2)Cc2cc(CCC(=O)N(CC(=O)O)Cc3ccccc3Cl)ccc2O1. The second-order valence-electron chi connectivity index (χ2n) is 9.21. The highest BCUT2D eigenvalue weighted by Gasteiger charge is 2.35. The second-order valence-corrected chi connectivity index (χ2v) is 10.1. The number of carbonyl (C=O) groups is 2. The molecular weight excluding hydrogens is 485 g/mol. The van der Waals surface area contributed by atoms with Crippen LogP contribution in [0.5, 0.6) is 5.75 Å². The maximum absolute atomic E-state index is 12.9. The summed E-state index contributed by atoms with van der Waals surface area (Å²) >= 11 is 12.2. The van der Waals surface area contributed by atoms with Crippen molar-refractivity contribution in [3.8, 4) is 5.75 Å². The number of nitrogens with zero attached hydrogens (tertiary/aromatic N) is 1. The second kappa shape index (κ2) is 10.7. The number of carbonyl (C=O) groups excluding carboxylic acids is 1. The fourth-order valence-corrected chi connectivity index (χ4v) is 4.82. The molecule has 0 radical (unpaired) electrons. The smallest absolute Gasteiger partial charge is 0.323 e. The van der Waals surface area contributed by atoms with E-state index < -0.39 is 5.97 Å². The van der Waals surface area contributed by atoms with Gasteiger partial charge in [-0.25, -0.2) is 0 Å². The summed E-state index contributed by atoms with van der Waals surface area (Å²) in [4.78, 5) is 25.6. The number of halogens is 2. The van der Waals surface area contributed by atoms with Gasteiger partial charge >= 0.3 is 5.97 Å². The van der Waals surface area contributed by atoms with E-state index in [0.29, 0.717) is 16.5 Å². The summed E-state index contributed by atoms with van der Waals surface area (Å²) in [7, 11) is 0. The molecule has 0 fully saturated rings. The highest BCUT2D eigenvalue weighted by molar-refractivity contribution is 6.31. The molecular formula is C28H27Cl2NO4. The molecule has 3 aromatic rings. The monoisotopic (exact) mass is 511 g/mol. The topological polar surface area (TPSA) is 66.8 Å². The average molecular weight is 512 g/mol. The number of aryl methyl sites for hydroxylation is 1. The van der Waals surface area contributed by atoms with E-state index in [1.165, 1.54) is 4.90 Å². The minimum absolute atomic E-state index is 0.159. The first-order chi connectivity index (χ1) is 16.7. The van der Waals surface area contributed by atoms with Gasteiger partial charge in [0.05, 0.1) is 0 Å². The summed E-state index contributed by atoms with van der Waals surface area (Å²) in [6, 6.07) is 21.0. The van der Waals surface area contributed by atoms with E-state index in [2.05, 4.69) is 13.0 Å². The Labute approximate surface area is 215 Å². The molecule has 7 heteroatoms. The van der Waals surface area contributed by atoms with Crippen molar-refractivity contribution in [3.05, 3.63) is 99.0 Å². The summed E-state index contributed by atoms with van der Waals surface area (Å²) in [5.74, 6) is -0.417. The molecule has 4 rings (SSSR count). The Balaban J connectivity index is 1.39. The van der Waals surface area contributed by atoms with Gasteiger partial charge in [-0.1, -0.05) is 65.7 Å². The number of hydrogen-bond donors (Lipinski definition) is 1. The van der Waals surface area contributed by atoms with Gasteiger partial charge in [0.1, 0.15) is 17.9 Å². The van der Waals surface area contributed by atoms with Crippen LogP contribution >= 0.6 is 23.2 Å². The third-order valence-electron chi connectivity index (χ3n) is 6.16. The number of aliphatic carboxylic acids is 1. The van der Waals surface area contributed by atoms with Crippen LogP contribution in [0.1, 0.15) is 35.6 Å². The Bertz CT molecular complexity index is 1230. The van der Waals surface area contributed by atoms with Crippen LogP contribution in [0.3, 0.4) is 0 Å². The normalized spacial score (nSPS) is 16.4. The van der Waals surface area contributed by atoms with Gasteiger partial charge in [-0.3, -0.25) is 9.59 Å². The largest absolute Gasteiger partial charge is 0.487 e. The van der Waals surface area contributed by atoms with Crippen LogP contribution in [-0.4, -0.2) is 34.0 Å². The van der Waals surface area contributed by atoms with Crippen LogP contribution < -0.4 is 4.74 Å². The summed E-state index contributed by atoms with van der Waals surface area (Å²) in [6.45, 7) is 1.89. The van der Waals surface area contributed by atoms with Crippen LogP contribution in [-0.2, 0) is 35.4 Å². The lowest BCUT2D eigenvalue weighted by molar-refractivity contribution is -0.144. The lowest BCUT2D eigenvalue weighted by Crippen LogP contribution is -2.35. The van der Waals surface area contributed by atoms with E-state index in [-0.39, 0.29) is 31.0 Å². The third kappa shape index (κ3) is 6.56. The molecule has 0 saturated carbocycles. The lowest BCUT2D eigenvalue weighted by atomic mass is 9.91. The van der Waals surface area contributed by atoms with Crippen molar-refractivity contribution in [3.63, 3.8) is 0 Å². The number of carboxylic acids is 1. The molecule has 35 heavy (non-hydrogen) atoms. The van der Waals surface area contributed by atoms with Crippen molar-refractivity contribution >= 4 is 35.1 Å². The molecule has 0 spiro atoms. The first kappa shape index (κ1) is 25.1. The molecule has 1 atom stereocenters. The number of fused-ring (bicyclic) bond motifs is 1. The van der Waals surface area contributed by atoms with Crippen molar-refractivity contribution in [2.75, 3.05) is 6.54 Å². The molecule has 1 heterocycles. The van der Waals surface area contributed by atoms with E-state index in [9.17, 15) is 14.7 Å². The van der Waals surface area contributed by atoms with Crippen molar-refractivity contribution in [1.29, 1.82) is 0 Å². The van der Waals surface area contributed by atoms with E-state index in [4.69, 9.17) is 27.9 Å². The number of benzene rings is 3. The molecule has 182 valence electrons. The average Bonchev–Trinajstić information content (AvgIpc) is 3.14. The van der Waals surface area contributed by atoms with Gasteiger partial charge in [-0.2, -0.15) is 0 Å². The number of hydrogen-bond acceptors (Lipinski definition) is 3. The minimum atomic E-state index is -1.06. The maximum atomic E-state index is 12.9. The fourth-order valence-electron chi connectivity index (χ4n) is 4.50. The molecule has 1 amide bonds. The fraction of sp³-hybridized carbons (Fsp3) is 0.286. The summed E-state index contributed by atoms with van der Waals surface area (Å²) in [5.41, 5.74) is 3.66. The highest BCUT2D eigenvalue weighted by atomic mass is 35.5. The van der Waals surface area contributed by atoms with Gasteiger partial charge in [-0.15, -0.1) is 0 Å². The van der Waals surface area contributed by atoms with Crippen LogP contribution in [0.15, 0.2) is 66.7 Å². The third-order valence-corrected chi connectivity index (χ3v) is 6.78. The Kier molecular flexibility index (Phi) is 7.68. The van der Waals surface area contributed by atoms with Crippen LogP contribution in [0.4, 0.5) is 0 Å². The molecule has 0 aliphatic carbocycles. The van der Waals surface area contributed by atoms with E-state index in [1.54, 1.807) is 18.2 Å². The predicted octanol–water partition coefficient (Wildman–Crippen LogP) is 5.98. The summed E-state index contributed by atoms with van der Waals surface area (Å²) in [6.07, 6.45) is 2.25. The molecule has 0 saturated heterocycles. The summed E-state index contributed by atoms with van der Waals surface area (Å²) < 4.78 is 6.28. The quantitative estimate of drug-likeness (QED) is 0.383. The minimum Gasteiger partial charge on any atom is -0.487 e. The zero-order valence-corrected chi connectivity index (χ0v) is 21.0.